The minimum atomic E-state index is -0.734. The summed E-state index contributed by atoms with van der Waals surface area (Å²) in [5.74, 6) is 0. The van der Waals surface area contributed by atoms with E-state index in [0.29, 0.717) is 5.25 Å². The van der Waals surface area contributed by atoms with Crippen molar-refractivity contribution in [1.29, 1.82) is 0 Å². The molecule has 2 unspecified atom stereocenters. The Labute approximate surface area is 174 Å². The van der Waals surface area contributed by atoms with Gasteiger partial charge in [0.25, 0.3) is 0 Å². The fourth-order valence-electron chi connectivity index (χ4n) is 3.73. The van der Waals surface area contributed by atoms with E-state index in [-0.39, 0.29) is 0 Å². The van der Waals surface area contributed by atoms with Crippen molar-refractivity contribution >= 4 is 22.2 Å². The first-order valence-corrected chi connectivity index (χ1v) is 12.5. The average Bonchev–Trinajstić information content (AvgIpc) is 2.73. The average molecular weight is 400 g/mol. The van der Waals surface area contributed by atoms with E-state index in [1.54, 1.807) is 0 Å². The predicted molar refractivity (Wildman–Crippen MR) is 125 cm³/mol. The van der Waals surface area contributed by atoms with Crippen LogP contribution < -0.4 is 4.90 Å². The van der Waals surface area contributed by atoms with E-state index in [0.717, 1.165) is 25.8 Å². The molecule has 2 rings (SSSR count). The minimum Gasteiger partial charge on any atom is -0.341 e. The zero-order chi connectivity index (χ0) is 20.0. The fraction of sp³-hybridized carbons (Fsp3) is 0.520. The molecule has 0 fully saturated rings. The van der Waals surface area contributed by atoms with Gasteiger partial charge in [-0.2, -0.15) is 0 Å². The summed E-state index contributed by atoms with van der Waals surface area (Å²) >= 11 is 0. The van der Waals surface area contributed by atoms with Gasteiger partial charge >= 0.3 is 0 Å². The molecule has 2 aromatic rings. The number of anilines is 2. The molecular formula is C25H37NOS. The van der Waals surface area contributed by atoms with Crippen molar-refractivity contribution in [2.24, 2.45) is 0 Å². The summed E-state index contributed by atoms with van der Waals surface area (Å²) in [5.41, 5.74) is 2.44. The minimum absolute atomic E-state index is 0.333. The summed E-state index contributed by atoms with van der Waals surface area (Å²) in [4.78, 5) is 2.38. The van der Waals surface area contributed by atoms with Crippen LogP contribution in [0.1, 0.15) is 64.7 Å². The quantitative estimate of drug-likeness (QED) is 0.316. The van der Waals surface area contributed by atoms with E-state index in [1.807, 2.05) is 6.26 Å². The summed E-state index contributed by atoms with van der Waals surface area (Å²) < 4.78 is 12.2. The van der Waals surface area contributed by atoms with E-state index in [9.17, 15) is 4.21 Å². The van der Waals surface area contributed by atoms with E-state index in [1.165, 1.54) is 49.9 Å². The highest BCUT2D eigenvalue weighted by atomic mass is 32.2. The maximum atomic E-state index is 12.2. The highest BCUT2D eigenvalue weighted by Crippen LogP contribution is 2.26. The molecule has 3 heteroatoms. The molecule has 0 heterocycles. The number of rotatable bonds is 14. The first kappa shape index (κ1) is 22.7. The SMILES string of the molecule is CCCCCCCCC(CCCN(c1ccccc1)c1ccccc1)S(C)=O. The van der Waals surface area contributed by atoms with Gasteiger partial charge in [-0.1, -0.05) is 81.8 Å². The van der Waals surface area contributed by atoms with E-state index < -0.39 is 10.8 Å². The molecule has 0 aliphatic rings. The molecule has 0 N–H and O–H groups in total. The molecule has 0 saturated carbocycles. The highest BCUT2D eigenvalue weighted by Gasteiger charge is 2.15. The largest absolute Gasteiger partial charge is 0.341 e. The summed E-state index contributed by atoms with van der Waals surface area (Å²) in [5, 5.41) is 0.333. The third-order valence-electron chi connectivity index (χ3n) is 5.39. The molecule has 0 spiro atoms. The van der Waals surface area contributed by atoms with Crippen LogP contribution in [0.25, 0.3) is 0 Å². The third kappa shape index (κ3) is 8.18. The molecule has 154 valence electrons. The summed E-state index contributed by atoms with van der Waals surface area (Å²) in [6.07, 6.45) is 12.9. The van der Waals surface area contributed by atoms with Crippen LogP contribution in [0.3, 0.4) is 0 Å². The van der Waals surface area contributed by atoms with Crippen LogP contribution in [0.2, 0.25) is 0 Å². The molecule has 0 aromatic heterocycles. The van der Waals surface area contributed by atoms with Gasteiger partial charge in [0.1, 0.15) is 0 Å². The monoisotopic (exact) mass is 399 g/mol. The number of benzene rings is 2. The first-order chi connectivity index (χ1) is 13.7. The molecule has 0 bridgehead atoms. The molecule has 0 aliphatic carbocycles. The third-order valence-corrected chi connectivity index (χ3v) is 6.80. The van der Waals surface area contributed by atoms with E-state index in [2.05, 4.69) is 72.5 Å². The summed E-state index contributed by atoms with van der Waals surface area (Å²) in [6, 6.07) is 21.1. The number of unbranched alkanes of at least 4 members (excludes halogenated alkanes) is 5. The molecule has 0 radical (unpaired) electrons. The number of para-hydroxylation sites is 2. The predicted octanol–water partition coefficient (Wildman–Crippen LogP) is 7.10. The maximum absolute atomic E-state index is 12.2. The first-order valence-electron chi connectivity index (χ1n) is 10.9. The Morgan fingerprint density at radius 2 is 1.25 bits per heavy atom. The topological polar surface area (TPSA) is 20.3 Å². The van der Waals surface area contributed by atoms with Gasteiger partial charge in [-0.3, -0.25) is 4.21 Å². The van der Waals surface area contributed by atoms with Gasteiger partial charge in [-0.25, -0.2) is 0 Å². The van der Waals surface area contributed by atoms with Gasteiger partial charge in [0.2, 0.25) is 0 Å². The van der Waals surface area contributed by atoms with Crippen LogP contribution in [-0.4, -0.2) is 22.3 Å². The molecule has 0 amide bonds. The molecule has 0 saturated heterocycles. The Morgan fingerprint density at radius 3 is 1.79 bits per heavy atom. The zero-order valence-electron chi connectivity index (χ0n) is 17.7. The Hall–Kier alpha value is -1.61. The Kier molecular flexibility index (Phi) is 11.0. The lowest BCUT2D eigenvalue weighted by atomic mass is 10.1. The second kappa shape index (κ2) is 13.5. The van der Waals surface area contributed by atoms with Gasteiger partial charge in [-0.15, -0.1) is 0 Å². The van der Waals surface area contributed by atoms with Gasteiger partial charge in [0.05, 0.1) is 0 Å². The standard InChI is InChI=1S/C25H37NOS/c1-3-4-5-6-7-14-20-25(28(2)27)21-15-22-26(23-16-10-8-11-17-23)24-18-12-9-13-19-24/h8-13,16-19,25H,3-7,14-15,20-22H2,1-2H3. The second-order valence-electron chi connectivity index (χ2n) is 7.64. The van der Waals surface area contributed by atoms with Crippen molar-refractivity contribution in [3.63, 3.8) is 0 Å². The maximum Gasteiger partial charge on any atom is 0.0410 e. The van der Waals surface area contributed by atoms with Crippen LogP contribution in [0.15, 0.2) is 60.7 Å². The van der Waals surface area contributed by atoms with Gasteiger partial charge in [0, 0.05) is 40.2 Å². The molecule has 2 aromatic carbocycles. The van der Waals surface area contributed by atoms with Gasteiger partial charge < -0.3 is 4.90 Å². The van der Waals surface area contributed by atoms with Crippen LogP contribution in [0, 0.1) is 0 Å². The van der Waals surface area contributed by atoms with Crippen molar-refractivity contribution in [2.75, 3.05) is 17.7 Å². The Bertz CT molecular complexity index is 619. The lowest BCUT2D eigenvalue weighted by Crippen LogP contribution is -2.21. The molecule has 2 atom stereocenters. The van der Waals surface area contributed by atoms with Crippen LogP contribution in [0.4, 0.5) is 11.4 Å². The normalized spacial score (nSPS) is 13.2. The van der Waals surface area contributed by atoms with Crippen molar-refractivity contribution in [3.8, 4) is 0 Å². The lowest BCUT2D eigenvalue weighted by molar-refractivity contribution is 0.555. The van der Waals surface area contributed by atoms with Crippen molar-refractivity contribution < 1.29 is 4.21 Å². The van der Waals surface area contributed by atoms with Crippen molar-refractivity contribution in [3.05, 3.63) is 60.7 Å². The number of hydrogen-bond acceptors (Lipinski definition) is 2. The van der Waals surface area contributed by atoms with Gasteiger partial charge in [-0.05, 0) is 43.5 Å². The van der Waals surface area contributed by atoms with Crippen LogP contribution in [-0.2, 0) is 10.8 Å². The van der Waals surface area contributed by atoms with E-state index in [4.69, 9.17) is 0 Å². The Balaban J connectivity index is 1.86. The van der Waals surface area contributed by atoms with Crippen LogP contribution in [0.5, 0.6) is 0 Å². The van der Waals surface area contributed by atoms with Crippen LogP contribution >= 0.6 is 0 Å². The van der Waals surface area contributed by atoms with Crippen molar-refractivity contribution in [1.82, 2.24) is 0 Å². The fourth-order valence-corrected chi connectivity index (χ4v) is 4.73. The smallest absolute Gasteiger partial charge is 0.0410 e. The Morgan fingerprint density at radius 1 is 0.750 bits per heavy atom. The molecule has 0 aliphatic heterocycles. The molecular weight excluding hydrogens is 362 g/mol. The second-order valence-corrected chi connectivity index (χ2v) is 9.31. The number of hydrogen-bond donors (Lipinski definition) is 0. The molecule has 2 nitrogen and oxygen atoms in total. The zero-order valence-corrected chi connectivity index (χ0v) is 18.5. The summed E-state index contributed by atoms with van der Waals surface area (Å²) in [7, 11) is -0.734. The van der Waals surface area contributed by atoms with E-state index >= 15 is 0 Å². The summed E-state index contributed by atoms with van der Waals surface area (Å²) in [6.45, 7) is 3.21. The lowest BCUT2D eigenvalue weighted by Gasteiger charge is -2.26. The van der Waals surface area contributed by atoms with Crippen molar-refractivity contribution in [2.45, 2.75) is 70.0 Å². The molecule has 28 heavy (non-hydrogen) atoms. The highest BCUT2D eigenvalue weighted by molar-refractivity contribution is 7.84. The van der Waals surface area contributed by atoms with Gasteiger partial charge in [0.15, 0.2) is 0 Å². The number of nitrogens with zero attached hydrogens (tertiary/aromatic N) is 1.